The van der Waals surface area contributed by atoms with E-state index in [0.717, 1.165) is 0 Å². The maximum absolute atomic E-state index is 11.8. The van der Waals surface area contributed by atoms with Crippen molar-refractivity contribution in [3.8, 4) is 11.8 Å². The highest BCUT2D eigenvalue weighted by Crippen LogP contribution is 2.00. The molecule has 0 radical (unpaired) electrons. The van der Waals surface area contributed by atoms with Crippen LogP contribution in [0.25, 0.3) is 0 Å². The number of aryl methyl sites for hydroxylation is 1. The van der Waals surface area contributed by atoms with Crippen molar-refractivity contribution in [3.05, 3.63) is 41.3 Å². The second-order valence-corrected chi connectivity index (χ2v) is 3.85. The average molecular weight is 271 g/mol. The maximum atomic E-state index is 11.8. The number of hydrogen-bond donors (Lipinski definition) is 2. The van der Waals surface area contributed by atoms with Crippen molar-refractivity contribution in [1.82, 2.24) is 20.4 Å². The quantitative estimate of drug-likeness (QED) is 0.762. The zero-order chi connectivity index (χ0) is 14.4. The summed E-state index contributed by atoms with van der Waals surface area (Å²) in [5.74, 6) is 6.10. The van der Waals surface area contributed by atoms with Gasteiger partial charge in [0.2, 0.25) is 5.89 Å². The summed E-state index contributed by atoms with van der Waals surface area (Å²) in [4.78, 5) is 19.8. The van der Waals surface area contributed by atoms with E-state index < -0.39 is 0 Å². The standard InChI is InChI=1S/C13H13N5O2/c1-9-17-12(18-20-9)8-16-13(19)11-5-4-10(7-15-11)3-2-6-14/h4-5,7H,6,8,14H2,1H3,(H,16,19). The minimum Gasteiger partial charge on any atom is -0.343 e. The predicted octanol–water partition coefficient (Wildman–Crippen LogP) is 0.0132. The van der Waals surface area contributed by atoms with Gasteiger partial charge in [0, 0.05) is 18.7 Å². The summed E-state index contributed by atoms with van der Waals surface area (Å²) in [5, 5.41) is 6.33. The van der Waals surface area contributed by atoms with Gasteiger partial charge in [-0.15, -0.1) is 0 Å². The van der Waals surface area contributed by atoms with E-state index in [-0.39, 0.29) is 19.0 Å². The highest BCUT2D eigenvalue weighted by Gasteiger charge is 2.08. The Kier molecular flexibility index (Phi) is 4.42. The molecule has 3 N–H and O–H groups in total. The van der Waals surface area contributed by atoms with Crippen LogP contribution in [0.3, 0.4) is 0 Å². The number of rotatable bonds is 3. The van der Waals surface area contributed by atoms with Gasteiger partial charge in [-0.2, -0.15) is 4.98 Å². The number of carbonyl (C=O) groups excluding carboxylic acids is 1. The van der Waals surface area contributed by atoms with Gasteiger partial charge in [0.15, 0.2) is 5.82 Å². The molecule has 2 heterocycles. The fourth-order valence-corrected chi connectivity index (χ4v) is 1.42. The summed E-state index contributed by atoms with van der Waals surface area (Å²) < 4.78 is 4.80. The third-order valence-electron chi connectivity index (χ3n) is 2.31. The first-order chi connectivity index (χ1) is 9.69. The Hall–Kier alpha value is -2.72. The fourth-order valence-electron chi connectivity index (χ4n) is 1.42. The van der Waals surface area contributed by atoms with E-state index >= 15 is 0 Å². The van der Waals surface area contributed by atoms with Gasteiger partial charge in [-0.05, 0) is 12.1 Å². The fraction of sp³-hybridized carbons (Fsp3) is 0.231. The molecule has 2 rings (SSSR count). The summed E-state index contributed by atoms with van der Waals surface area (Å²) in [7, 11) is 0. The smallest absolute Gasteiger partial charge is 0.270 e. The molecule has 0 aliphatic heterocycles. The Balaban J connectivity index is 1.95. The zero-order valence-electron chi connectivity index (χ0n) is 10.9. The molecule has 0 saturated heterocycles. The van der Waals surface area contributed by atoms with Gasteiger partial charge in [0.05, 0.1) is 13.1 Å². The number of aromatic nitrogens is 3. The topological polar surface area (TPSA) is 107 Å². The Morgan fingerprint density at radius 3 is 2.95 bits per heavy atom. The average Bonchev–Trinajstić information content (AvgIpc) is 2.89. The molecule has 0 aliphatic carbocycles. The lowest BCUT2D eigenvalue weighted by atomic mass is 10.2. The second kappa shape index (κ2) is 6.45. The molecule has 0 bridgehead atoms. The van der Waals surface area contributed by atoms with E-state index in [1.165, 1.54) is 6.20 Å². The van der Waals surface area contributed by atoms with Gasteiger partial charge in [0.1, 0.15) is 5.69 Å². The molecule has 102 valence electrons. The first-order valence-corrected chi connectivity index (χ1v) is 5.91. The summed E-state index contributed by atoms with van der Waals surface area (Å²) in [6, 6.07) is 3.31. The van der Waals surface area contributed by atoms with Crippen molar-refractivity contribution in [2.75, 3.05) is 6.54 Å². The molecule has 0 aromatic carbocycles. The van der Waals surface area contributed by atoms with E-state index in [9.17, 15) is 4.79 Å². The zero-order valence-corrected chi connectivity index (χ0v) is 10.9. The van der Waals surface area contributed by atoms with Crippen molar-refractivity contribution in [2.24, 2.45) is 5.73 Å². The van der Waals surface area contributed by atoms with Crippen molar-refractivity contribution in [3.63, 3.8) is 0 Å². The lowest BCUT2D eigenvalue weighted by Gasteiger charge is -2.01. The molecule has 2 aromatic heterocycles. The molecule has 0 atom stereocenters. The highest BCUT2D eigenvalue weighted by molar-refractivity contribution is 5.92. The van der Waals surface area contributed by atoms with Crippen LogP contribution in [-0.2, 0) is 6.54 Å². The number of amides is 1. The molecule has 20 heavy (non-hydrogen) atoms. The summed E-state index contributed by atoms with van der Waals surface area (Å²) in [6.07, 6.45) is 1.52. The Labute approximate surface area is 115 Å². The number of hydrogen-bond acceptors (Lipinski definition) is 6. The summed E-state index contributed by atoms with van der Waals surface area (Å²) in [6.45, 7) is 2.15. The van der Waals surface area contributed by atoms with E-state index in [2.05, 4.69) is 32.3 Å². The number of carbonyl (C=O) groups is 1. The monoisotopic (exact) mass is 271 g/mol. The predicted molar refractivity (Wildman–Crippen MR) is 70.4 cm³/mol. The van der Waals surface area contributed by atoms with E-state index in [1.54, 1.807) is 19.1 Å². The van der Waals surface area contributed by atoms with Crippen molar-refractivity contribution >= 4 is 5.91 Å². The number of pyridine rings is 1. The largest absolute Gasteiger partial charge is 0.343 e. The van der Waals surface area contributed by atoms with Crippen molar-refractivity contribution in [2.45, 2.75) is 13.5 Å². The number of nitrogens with one attached hydrogen (secondary N) is 1. The molecule has 0 unspecified atom stereocenters. The maximum Gasteiger partial charge on any atom is 0.270 e. The van der Waals surface area contributed by atoms with Crippen LogP contribution in [0.15, 0.2) is 22.9 Å². The molecule has 2 aromatic rings. The van der Waals surface area contributed by atoms with Crippen LogP contribution in [0.1, 0.15) is 27.8 Å². The SMILES string of the molecule is Cc1nc(CNC(=O)c2ccc(C#CCN)cn2)no1. The van der Waals surface area contributed by atoms with Gasteiger partial charge in [-0.25, -0.2) is 4.98 Å². The van der Waals surface area contributed by atoms with Gasteiger partial charge in [-0.3, -0.25) is 4.79 Å². The minimum atomic E-state index is -0.314. The lowest BCUT2D eigenvalue weighted by Crippen LogP contribution is -2.24. The Morgan fingerprint density at radius 1 is 1.50 bits per heavy atom. The lowest BCUT2D eigenvalue weighted by molar-refractivity contribution is 0.0944. The highest BCUT2D eigenvalue weighted by atomic mass is 16.5. The Bertz CT molecular complexity index is 651. The van der Waals surface area contributed by atoms with Crippen LogP contribution in [0.5, 0.6) is 0 Å². The van der Waals surface area contributed by atoms with Crippen LogP contribution in [0.2, 0.25) is 0 Å². The van der Waals surface area contributed by atoms with E-state index in [0.29, 0.717) is 23.0 Å². The van der Waals surface area contributed by atoms with Crippen LogP contribution in [0, 0.1) is 18.8 Å². The molecular formula is C13H13N5O2. The van der Waals surface area contributed by atoms with Crippen molar-refractivity contribution in [1.29, 1.82) is 0 Å². The normalized spacial score (nSPS) is 9.70. The third kappa shape index (κ3) is 3.63. The molecule has 0 saturated carbocycles. The van der Waals surface area contributed by atoms with Gasteiger partial charge in [-0.1, -0.05) is 17.0 Å². The van der Waals surface area contributed by atoms with Gasteiger partial charge < -0.3 is 15.6 Å². The molecular weight excluding hydrogens is 258 g/mol. The molecule has 1 amide bonds. The minimum absolute atomic E-state index is 0.187. The number of nitrogens with zero attached hydrogens (tertiary/aromatic N) is 3. The van der Waals surface area contributed by atoms with Crippen LogP contribution >= 0.6 is 0 Å². The van der Waals surface area contributed by atoms with Gasteiger partial charge >= 0.3 is 0 Å². The van der Waals surface area contributed by atoms with E-state index in [1.807, 2.05) is 0 Å². The Morgan fingerprint density at radius 2 is 2.35 bits per heavy atom. The van der Waals surface area contributed by atoms with E-state index in [4.69, 9.17) is 10.3 Å². The first kappa shape index (κ1) is 13.7. The van der Waals surface area contributed by atoms with Crippen LogP contribution in [-0.4, -0.2) is 27.6 Å². The summed E-state index contributed by atoms with van der Waals surface area (Å²) in [5.41, 5.74) is 6.28. The second-order valence-electron chi connectivity index (χ2n) is 3.85. The molecule has 0 spiro atoms. The molecule has 7 heteroatoms. The third-order valence-corrected chi connectivity index (χ3v) is 2.31. The van der Waals surface area contributed by atoms with Gasteiger partial charge in [0.25, 0.3) is 5.91 Å². The van der Waals surface area contributed by atoms with Crippen molar-refractivity contribution < 1.29 is 9.32 Å². The first-order valence-electron chi connectivity index (χ1n) is 5.91. The molecule has 0 aliphatic rings. The van der Waals surface area contributed by atoms with Crippen LogP contribution < -0.4 is 11.1 Å². The molecule has 0 fully saturated rings. The number of nitrogens with two attached hydrogens (primary N) is 1. The molecule has 7 nitrogen and oxygen atoms in total. The van der Waals surface area contributed by atoms with Crippen LogP contribution in [0.4, 0.5) is 0 Å². The summed E-state index contributed by atoms with van der Waals surface area (Å²) >= 11 is 0.